The molecular weight excluding hydrogens is 336 g/mol. The Morgan fingerprint density at radius 1 is 1.32 bits per heavy atom. The number of nitrogen functional groups attached to an aromatic ring is 1. The average Bonchev–Trinajstić information content (AvgIpc) is 2.91. The highest BCUT2D eigenvalue weighted by molar-refractivity contribution is 6.74. The smallest absolute Gasteiger partial charge is 0.341 e. The van der Waals surface area contributed by atoms with Crippen LogP contribution in [-0.2, 0) is 15.7 Å². The Morgan fingerprint density at radius 2 is 2.00 bits per heavy atom. The Morgan fingerprint density at radius 3 is 2.60 bits per heavy atom. The van der Waals surface area contributed by atoms with E-state index in [1.54, 1.807) is 13.3 Å². The maximum atomic E-state index is 12.2. The topological polar surface area (TPSA) is 92.3 Å². The number of rotatable bonds is 6. The number of fused-ring (bicyclic) bond motifs is 1. The van der Waals surface area contributed by atoms with Crippen molar-refractivity contribution in [3.63, 3.8) is 0 Å². The fraction of sp³-hybridized carbons (Fsp3) is 0.588. The summed E-state index contributed by atoms with van der Waals surface area (Å²) in [6.45, 7) is 14.2. The molecule has 0 spiro atoms. The summed E-state index contributed by atoms with van der Waals surface area (Å²) in [5.74, 6) is -0.126. The number of pyridine rings is 1. The minimum Gasteiger partial charge on any atom is -0.462 e. The Bertz CT molecular complexity index is 765. The largest absolute Gasteiger partial charge is 0.462 e. The van der Waals surface area contributed by atoms with E-state index in [0.29, 0.717) is 42.2 Å². The highest BCUT2D eigenvalue weighted by Gasteiger charge is 2.36. The van der Waals surface area contributed by atoms with Crippen molar-refractivity contribution >= 4 is 31.1 Å². The molecule has 0 aromatic carbocycles. The molecule has 0 radical (unpaired) electrons. The van der Waals surface area contributed by atoms with Gasteiger partial charge in [0.1, 0.15) is 11.1 Å². The van der Waals surface area contributed by atoms with Gasteiger partial charge in [0.15, 0.2) is 14.1 Å². The van der Waals surface area contributed by atoms with E-state index in [0.717, 1.165) is 0 Å². The van der Waals surface area contributed by atoms with E-state index in [-0.39, 0.29) is 5.04 Å². The van der Waals surface area contributed by atoms with Gasteiger partial charge in [-0.2, -0.15) is 0 Å². The van der Waals surface area contributed by atoms with Crippen LogP contribution in [0.1, 0.15) is 38.1 Å². The van der Waals surface area contributed by atoms with Crippen LogP contribution in [0.5, 0.6) is 0 Å². The van der Waals surface area contributed by atoms with E-state index in [4.69, 9.17) is 14.9 Å². The number of imidazole rings is 1. The summed E-state index contributed by atoms with van der Waals surface area (Å²) in [6.07, 6.45) is 3.11. The first-order chi connectivity index (χ1) is 11.6. The van der Waals surface area contributed by atoms with E-state index >= 15 is 0 Å². The molecule has 0 amide bonds. The summed E-state index contributed by atoms with van der Waals surface area (Å²) in [5.41, 5.74) is 7.43. The average molecular weight is 365 g/mol. The van der Waals surface area contributed by atoms with Crippen molar-refractivity contribution in [2.75, 3.05) is 18.9 Å². The SMILES string of the molecule is CCOC(=O)c1cnc(N)c2ncn(CCO[Si](C)(C)C(C)(C)C)c12. The lowest BCUT2D eigenvalue weighted by Gasteiger charge is -2.36. The lowest BCUT2D eigenvalue weighted by Crippen LogP contribution is -2.41. The zero-order valence-electron chi connectivity index (χ0n) is 15.9. The number of ether oxygens (including phenoxy) is 1. The molecule has 25 heavy (non-hydrogen) atoms. The third-order valence-corrected chi connectivity index (χ3v) is 9.30. The molecule has 7 nitrogen and oxygen atoms in total. The molecule has 0 unspecified atom stereocenters. The van der Waals surface area contributed by atoms with Crippen molar-refractivity contribution in [3.8, 4) is 0 Å². The standard InChI is InChI=1S/C17H28N4O3Si/c1-7-23-16(22)12-10-19-15(18)13-14(12)21(11-20-13)8-9-24-25(5,6)17(2,3)4/h10-11H,7-9H2,1-6H3,(H2,18,19). The van der Waals surface area contributed by atoms with Gasteiger partial charge in [-0.1, -0.05) is 20.8 Å². The van der Waals surface area contributed by atoms with Crippen LogP contribution in [0.2, 0.25) is 18.1 Å². The molecule has 138 valence electrons. The van der Waals surface area contributed by atoms with Crippen LogP contribution < -0.4 is 5.73 Å². The Balaban J connectivity index is 2.27. The van der Waals surface area contributed by atoms with E-state index in [9.17, 15) is 4.79 Å². The van der Waals surface area contributed by atoms with Crippen LogP contribution in [0, 0.1) is 0 Å². The quantitative estimate of drug-likeness (QED) is 0.625. The molecule has 0 saturated heterocycles. The summed E-state index contributed by atoms with van der Waals surface area (Å²) in [5, 5.41) is 0.147. The molecule has 0 saturated carbocycles. The monoisotopic (exact) mass is 364 g/mol. The molecule has 2 aromatic rings. The predicted octanol–water partition coefficient (Wildman–Crippen LogP) is 3.21. The van der Waals surface area contributed by atoms with E-state index in [2.05, 4.69) is 43.8 Å². The molecule has 0 aliphatic heterocycles. The Kier molecular flexibility index (Phi) is 5.53. The molecule has 2 rings (SSSR count). The second kappa shape index (κ2) is 7.13. The number of nitrogens with zero attached hydrogens (tertiary/aromatic N) is 3. The van der Waals surface area contributed by atoms with Crippen LogP contribution in [-0.4, -0.2) is 42.0 Å². The van der Waals surface area contributed by atoms with Crippen LogP contribution >= 0.6 is 0 Å². The van der Waals surface area contributed by atoms with Gasteiger partial charge < -0.3 is 19.5 Å². The van der Waals surface area contributed by atoms with Gasteiger partial charge in [-0.15, -0.1) is 0 Å². The summed E-state index contributed by atoms with van der Waals surface area (Å²) in [4.78, 5) is 20.6. The number of nitrogens with two attached hydrogens (primary N) is 1. The van der Waals surface area contributed by atoms with Gasteiger partial charge in [-0.3, -0.25) is 0 Å². The Hall–Kier alpha value is -1.93. The molecule has 0 aliphatic rings. The van der Waals surface area contributed by atoms with Gasteiger partial charge in [0, 0.05) is 12.7 Å². The van der Waals surface area contributed by atoms with Crippen molar-refractivity contribution in [1.29, 1.82) is 0 Å². The van der Waals surface area contributed by atoms with Crippen molar-refractivity contribution in [1.82, 2.24) is 14.5 Å². The highest BCUT2D eigenvalue weighted by Crippen LogP contribution is 2.36. The summed E-state index contributed by atoms with van der Waals surface area (Å²) in [6, 6.07) is 0. The van der Waals surface area contributed by atoms with E-state index < -0.39 is 14.3 Å². The summed E-state index contributed by atoms with van der Waals surface area (Å²) >= 11 is 0. The number of carbonyl (C=O) groups is 1. The molecular formula is C17H28N4O3Si. The first-order valence-electron chi connectivity index (χ1n) is 8.49. The van der Waals surface area contributed by atoms with Crippen molar-refractivity contribution < 1.29 is 14.0 Å². The van der Waals surface area contributed by atoms with Crippen LogP contribution in [0.3, 0.4) is 0 Å². The molecule has 0 aliphatic carbocycles. The second-order valence-electron chi connectivity index (χ2n) is 7.52. The number of esters is 1. The maximum absolute atomic E-state index is 12.2. The number of anilines is 1. The number of aromatic nitrogens is 3. The fourth-order valence-corrected chi connectivity index (χ4v) is 3.29. The van der Waals surface area contributed by atoms with Crippen LogP contribution in [0.25, 0.3) is 11.0 Å². The van der Waals surface area contributed by atoms with Gasteiger partial charge in [0.05, 0.1) is 25.1 Å². The normalized spacial score (nSPS) is 12.6. The van der Waals surface area contributed by atoms with Gasteiger partial charge in [0.25, 0.3) is 0 Å². The first kappa shape index (κ1) is 19.4. The minimum absolute atomic E-state index is 0.147. The van der Waals surface area contributed by atoms with E-state index in [1.807, 2.05) is 4.57 Å². The number of carbonyl (C=O) groups excluding carboxylic acids is 1. The zero-order chi connectivity index (χ0) is 18.8. The second-order valence-corrected chi connectivity index (χ2v) is 12.3. The van der Waals surface area contributed by atoms with Gasteiger partial charge in [-0.05, 0) is 25.1 Å². The molecule has 0 bridgehead atoms. The Labute approximate surface area is 149 Å². The molecule has 2 heterocycles. The van der Waals surface area contributed by atoms with Crippen molar-refractivity contribution in [2.24, 2.45) is 0 Å². The van der Waals surface area contributed by atoms with Crippen LogP contribution in [0.4, 0.5) is 5.82 Å². The molecule has 2 N–H and O–H groups in total. The number of hydrogen-bond acceptors (Lipinski definition) is 6. The van der Waals surface area contributed by atoms with Crippen molar-refractivity contribution in [3.05, 3.63) is 18.1 Å². The predicted molar refractivity (Wildman–Crippen MR) is 101 cm³/mol. The maximum Gasteiger partial charge on any atom is 0.341 e. The fourth-order valence-electron chi connectivity index (χ4n) is 2.25. The van der Waals surface area contributed by atoms with Gasteiger partial charge >= 0.3 is 5.97 Å². The molecule has 0 atom stereocenters. The summed E-state index contributed by atoms with van der Waals surface area (Å²) in [7, 11) is -1.83. The third kappa shape index (κ3) is 4.01. The number of hydrogen-bond donors (Lipinski definition) is 1. The lowest BCUT2D eigenvalue weighted by molar-refractivity contribution is 0.0527. The van der Waals surface area contributed by atoms with Crippen molar-refractivity contribution in [2.45, 2.75) is 52.4 Å². The van der Waals surface area contributed by atoms with E-state index in [1.165, 1.54) is 6.20 Å². The first-order valence-corrected chi connectivity index (χ1v) is 11.4. The lowest BCUT2D eigenvalue weighted by atomic mass is 10.2. The highest BCUT2D eigenvalue weighted by atomic mass is 28.4. The molecule has 8 heteroatoms. The summed E-state index contributed by atoms with van der Waals surface area (Å²) < 4.78 is 13.2. The minimum atomic E-state index is -1.83. The zero-order valence-corrected chi connectivity index (χ0v) is 16.9. The molecule has 2 aromatic heterocycles. The van der Waals surface area contributed by atoms with Crippen LogP contribution in [0.15, 0.2) is 12.5 Å². The molecule has 0 fully saturated rings. The third-order valence-electron chi connectivity index (χ3n) is 4.76. The van der Waals surface area contributed by atoms with Gasteiger partial charge in [0.2, 0.25) is 0 Å². The van der Waals surface area contributed by atoms with Gasteiger partial charge in [-0.25, -0.2) is 14.8 Å².